The van der Waals surface area contributed by atoms with E-state index in [-0.39, 0.29) is 11.5 Å². The minimum atomic E-state index is -0.370. The van der Waals surface area contributed by atoms with Crippen molar-refractivity contribution in [2.45, 2.75) is 26.4 Å². The molecule has 1 amide bonds. The van der Waals surface area contributed by atoms with Crippen molar-refractivity contribution in [1.29, 1.82) is 0 Å². The van der Waals surface area contributed by atoms with Crippen LogP contribution in [0.3, 0.4) is 0 Å². The lowest BCUT2D eigenvalue weighted by Gasteiger charge is -2.28. The van der Waals surface area contributed by atoms with Crippen LogP contribution in [0, 0.1) is 0 Å². The fraction of sp³-hybridized carbons (Fsp3) is 0.238. The Balaban J connectivity index is 1.64. The molecule has 0 radical (unpaired) electrons. The number of hydrogen-bond acceptors (Lipinski definition) is 4. The highest BCUT2D eigenvalue weighted by Crippen LogP contribution is 2.25. The normalized spacial score (nSPS) is 14.2. The highest BCUT2D eigenvalue weighted by Gasteiger charge is 2.17. The topological polar surface area (TPSA) is 62.6 Å². The summed E-state index contributed by atoms with van der Waals surface area (Å²) in [6.07, 6.45) is 1.02. The maximum Gasteiger partial charge on any atom is 0.336 e. The van der Waals surface area contributed by atoms with Crippen LogP contribution in [0.4, 0.5) is 5.69 Å². The number of anilines is 1. The van der Waals surface area contributed by atoms with E-state index in [1.54, 1.807) is 12.1 Å². The van der Waals surface area contributed by atoms with E-state index >= 15 is 0 Å². The number of amides is 1. The molecule has 26 heavy (non-hydrogen) atoms. The average Bonchev–Trinajstić information content (AvgIpc) is 2.60. The van der Waals surface area contributed by atoms with Gasteiger partial charge in [-0.1, -0.05) is 24.3 Å². The second kappa shape index (κ2) is 6.77. The Kier molecular flexibility index (Phi) is 4.31. The molecule has 1 aliphatic rings. The molecule has 0 aliphatic carbocycles. The zero-order valence-corrected chi connectivity index (χ0v) is 14.6. The molecular weight excluding hydrogens is 328 g/mol. The molecule has 5 heteroatoms. The van der Waals surface area contributed by atoms with Crippen LogP contribution in [-0.4, -0.2) is 17.4 Å². The van der Waals surface area contributed by atoms with Gasteiger partial charge in [0.15, 0.2) is 0 Å². The van der Waals surface area contributed by atoms with Crippen LogP contribution in [0.15, 0.2) is 57.7 Å². The van der Waals surface area contributed by atoms with Crippen LogP contribution in [-0.2, 0) is 24.3 Å². The molecule has 132 valence electrons. The summed E-state index contributed by atoms with van der Waals surface area (Å²) in [7, 11) is 0. The van der Waals surface area contributed by atoms with E-state index in [0.29, 0.717) is 17.8 Å². The van der Waals surface area contributed by atoms with Crippen LogP contribution in [0.25, 0.3) is 11.0 Å². The van der Waals surface area contributed by atoms with Crippen molar-refractivity contribution < 1.29 is 9.21 Å². The van der Waals surface area contributed by atoms with Crippen molar-refractivity contribution in [3.8, 4) is 0 Å². The number of nitrogens with zero attached hydrogens (tertiary/aromatic N) is 1. The van der Waals surface area contributed by atoms with E-state index in [4.69, 9.17) is 4.42 Å². The van der Waals surface area contributed by atoms with E-state index in [1.807, 2.05) is 12.1 Å². The first-order valence-electron chi connectivity index (χ1n) is 8.72. The van der Waals surface area contributed by atoms with Gasteiger partial charge in [0.1, 0.15) is 5.58 Å². The number of benzene rings is 2. The summed E-state index contributed by atoms with van der Waals surface area (Å²) < 4.78 is 5.34. The first kappa shape index (κ1) is 16.5. The molecule has 0 bridgehead atoms. The molecule has 0 spiro atoms. The molecule has 5 nitrogen and oxygen atoms in total. The van der Waals surface area contributed by atoms with Crippen LogP contribution in [0.1, 0.15) is 23.6 Å². The molecule has 0 saturated heterocycles. The van der Waals surface area contributed by atoms with Crippen molar-refractivity contribution in [3.05, 3.63) is 75.6 Å². The Bertz CT molecular complexity index is 1040. The van der Waals surface area contributed by atoms with E-state index < -0.39 is 0 Å². The predicted molar refractivity (Wildman–Crippen MR) is 101 cm³/mol. The highest BCUT2D eigenvalue weighted by molar-refractivity contribution is 5.92. The van der Waals surface area contributed by atoms with Gasteiger partial charge in [-0.3, -0.25) is 9.69 Å². The van der Waals surface area contributed by atoms with Gasteiger partial charge in [0, 0.05) is 49.8 Å². The first-order valence-corrected chi connectivity index (χ1v) is 8.72. The SMILES string of the molecule is CC(=O)Nc1ccc2c(CN3CCc4ccccc4C3)cc(=O)oc2c1. The molecule has 4 rings (SSSR count). The van der Waals surface area contributed by atoms with E-state index in [9.17, 15) is 9.59 Å². The Morgan fingerprint density at radius 1 is 1.15 bits per heavy atom. The Labute approximate surface area is 151 Å². The van der Waals surface area contributed by atoms with Crippen LogP contribution < -0.4 is 10.9 Å². The molecule has 0 atom stereocenters. The number of hydrogen-bond donors (Lipinski definition) is 1. The zero-order valence-electron chi connectivity index (χ0n) is 14.6. The van der Waals surface area contributed by atoms with Gasteiger partial charge >= 0.3 is 5.63 Å². The number of carbonyl (C=O) groups excluding carboxylic acids is 1. The minimum absolute atomic E-state index is 0.158. The number of rotatable bonds is 3. The maximum absolute atomic E-state index is 12.0. The molecule has 1 aliphatic heterocycles. The summed E-state index contributed by atoms with van der Waals surface area (Å²) in [5.74, 6) is -0.158. The summed E-state index contributed by atoms with van der Waals surface area (Å²) in [5, 5.41) is 3.62. The van der Waals surface area contributed by atoms with Gasteiger partial charge in [0.05, 0.1) is 0 Å². The van der Waals surface area contributed by atoms with Gasteiger partial charge in [-0.05, 0) is 35.2 Å². The third-order valence-electron chi connectivity index (χ3n) is 4.75. The van der Waals surface area contributed by atoms with Gasteiger partial charge in [0.2, 0.25) is 5.91 Å². The monoisotopic (exact) mass is 348 g/mol. The first-order chi connectivity index (χ1) is 12.6. The standard InChI is InChI=1S/C21H20N2O3/c1-14(24)22-18-6-7-19-17(10-21(25)26-20(19)11-18)13-23-9-8-15-4-2-3-5-16(15)12-23/h2-7,10-11H,8-9,12-13H2,1H3,(H,22,24). The van der Waals surface area contributed by atoms with Crippen molar-refractivity contribution in [3.63, 3.8) is 0 Å². The lowest BCUT2D eigenvalue weighted by molar-refractivity contribution is -0.114. The summed E-state index contributed by atoms with van der Waals surface area (Å²) >= 11 is 0. The lowest BCUT2D eigenvalue weighted by Crippen LogP contribution is -2.30. The number of nitrogens with one attached hydrogen (secondary N) is 1. The molecular formula is C21H20N2O3. The van der Waals surface area contributed by atoms with Gasteiger partial charge < -0.3 is 9.73 Å². The zero-order chi connectivity index (χ0) is 18.1. The third-order valence-corrected chi connectivity index (χ3v) is 4.75. The van der Waals surface area contributed by atoms with E-state index in [1.165, 1.54) is 18.1 Å². The van der Waals surface area contributed by atoms with Crippen LogP contribution in [0.5, 0.6) is 0 Å². The van der Waals surface area contributed by atoms with Crippen molar-refractivity contribution in [2.75, 3.05) is 11.9 Å². The molecule has 1 N–H and O–H groups in total. The van der Waals surface area contributed by atoms with Gasteiger partial charge in [-0.25, -0.2) is 4.79 Å². The molecule has 1 aromatic heterocycles. The molecule has 0 fully saturated rings. The van der Waals surface area contributed by atoms with Crippen LogP contribution >= 0.6 is 0 Å². The Hall–Kier alpha value is -2.92. The number of carbonyl (C=O) groups is 1. The fourth-order valence-electron chi connectivity index (χ4n) is 3.57. The van der Waals surface area contributed by atoms with Crippen molar-refractivity contribution >= 4 is 22.6 Å². The fourth-order valence-corrected chi connectivity index (χ4v) is 3.57. The second-order valence-electron chi connectivity index (χ2n) is 6.71. The summed E-state index contributed by atoms with van der Waals surface area (Å²) in [6, 6.07) is 15.5. The molecule has 0 unspecified atom stereocenters. The average molecular weight is 348 g/mol. The quantitative estimate of drug-likeness (QED) is 0.738. The van der Waals surface area contributed by atoms with Gasteiger partial charge in [-0.15, -0.1) is 0 Å². The summed E-state index contributed by atoms with van der Waals surface area (Å²) in [6.45, 7) is 3.98. The minimum Gasteiger partial charge on any atom is -0.423 e. The smallest absolute Gasteiger partial charge is 0.336 e. The van der Waals surface area contributed by atoms with Gasteiger partial charge in [0.25, 0.3) is 0 Å². The highest BCUT2D eigenvalue weighted by atomic mass is 16.4. The van der Waals surface area contributed by atoms with E-state index in [2.05, 4.69) is 34.5 Å². The molecule has 3 aromatic rings. The molecule has 0 saturated carbocycles. The third kappa shape index (κ3) is 3.39. The summed E-state index contributed by atoms with van der Waals surface area (Å²) in [4.78, 5) is 25.6. The molecule has 2 heterocycles. The van der Waals surface area contributed by atoms with E-state index in [0.717, 1.165) is 30.5 Å². The largest absolute Gasteiger partial charge is 0.423 e. The lowest BCUT2D eigenvalue weighted by atomic mass is 9.99. The maximum atomic E-state index is 12.0. The predicted octanol–water partition coefficient (Wildman–Crippen LogP) is 3.31. The van der Waals surface area contributed by atoms with Crippen molar-refractivity contribution in [2.24, 2.45) is 0 Å². The van der Waals surface area contributed by atoms with Crippen LogP contribution in [0.2, 0.25) is 0 Å². The molecule has 2 aromatic carbocycles. The Morgan fingerprint density at radius 3 is 2.77 bits per heavy atom. The Morgan fingerprint density at radius 2 is 1.96 bits per heavy atom. The van der Waals surface area contributed by atoms with Gasteiger partial charge in [-0.2, -0.15) is 0 Å². The second-order valence-corrected chi connectivity index (χ2v) is 6.71. The number of fused-ring (bicyclic) bond motifs is 2. The summed E-state index contributed by atoms with van der Waals surface area (Å²) in [5.41, 5.74) is 4.45. The van der Waals surface area contributed by atoms with Crippen molar-refractivity contribution in [1.82, 2.24) is 4.90 Å².